The van der Waals surface area contributed by atoms with Gasteiger partial charge in [0.05, 0.1) is 6.54 Å². The molecule has 0 aliphatic carbocycles. The Balaban J connectivity index is 2.05. The molecule has 1 aromatic heterocycles. The maximum atomic E-state index is 12.7. The van der Waals surface area contributed by atoms with Crippen molar-refractivity contribution >= 4 is 5.97 Å². The maximum Gasteiger partial charge on any atom is 0.451 e. The smallest absolute Gasteiger partial charge is 0.451 e. The van der Waals surface area contributed by atoms with E-state index in [0.29, 0.717) is 13.0 Å². The first-order valence-electron chi connectivity index (χ1n) is 6.24. The fraction of sp³-hybridized carbons (Fsp3) is 0.727. The molecular weight excluding hydrogens is 277 g/mol. The Morgan fingerprint density at radius 3 is 2.70 bits per heavy atom. The molecule has 2 rings (SSSR count). The largest absolute Gasteiger partial charge is 0.481 e. The summed E-state index contributed by atoms with van der Waals surface area (Å²) >= 11 is 0. The van der Waals surface area contributed by atoms with Gasteiger partial charge in [-0.25, -0.2) is 0 Å². The fourth-order valence-electron chi connectivity index (χ4n) is 2.28. The zero-order chi connectivity index (χ0) is 14.9. The van der Waals surface area contributed by atoms with Crippen molar-refractivity contribution in [3.8, 4) is 0 Å². The number of carboxylic acid groups (broad SMARTS) is 1. The molecule has 1 unspecified atom stereocenters. The zero-order valence-electron chi connectivity index (χ0n) is 10.9. The molecule has 0 spiro atoms. The van der Waals surface area contributed by atoms with Gasteiger partial charge in [0, 0.05) is 25.6 Å². The molecule has 1 atom stereocenters. The molecule has 1 N–H and O–H groups in total. The normalized spacial score (nSPS) is 17.8. The van der Waals surface area contributed by atoms with Crippen LogP contribution in [0, 0.1) is 0 Å². The third kappa shape index (κ3) is 3.09. The average molecular weight is 292 g/mol. The molecule has 0 saturated carbocycles. The third-order valence-electron chi connectivity index (χ3n) is 3.44. The number of rotatable bonds is 4. The van der Waals surface area contributed by atoms with Gasteiger partial charge in [0.15, 0.2) is 0 Å². The molecule has 9 heteroatoms. The summed E-state index contributed by atoms with van der Waals surface area (Å²) in [5, 5.41) is 15.4. The van der Waals surface area contributed by atoms with Gasteiger partial charge in [-0.1, -0.05) is 0 Å². The number of fused-ring (bicyclic) bond motifs is 1. The van der Waals surface area contributed by atoms with Crippen molar-refractivity contribution in [3.05, 3.63) is 11.6 Å². The minimum atomic E-state index is -4.50. The van der Waals surface area contributed by atoms with Crippen molar-refractivity contribution in [1.82, 2.24) is 19.7 Å². The van der Waals surface area contributed by atoms with E-state index < -0.39 is 18.0 Å². The van der Waals surface area contributed by atoms with E-state index in [2.05, 4.69) is 10.2 Å². The van der Waals surface area contributed by atoms with Gasteiger partial charge in [-0.15, -0.1) is 10.2 Å². The van der Waals surface area contributed by atoms with Crippen LogP contribution in [0.3, 0.4) is 0 Å². The molecule has 0 amide bonds. The summed E-state index contributed by atoms with van der Waals surface area (Å²) in [7, 11) is 0. The minimum Gasteiger partial charge on any atom is -0.481 e. The first kappa shape index (κ1) is 14.8. The molecule has 20 heavy (non-hydrogen) atoms. The summed E-state index contributed by atoms with van der Waals surface area (Å²) in [6, 6.07) is -0.0223. The Labute approximate surface area is 113 Å². The molecule has 1 aliphatic heterocycles. The predicted octanol–water partition coefficient (Wildman–Crippen LogP) is 1.37. The van der Waals surface area contributed by atoms with E-state index in [0.717, 1.165) is 4.57 Å². The van der Waals surface area contributed by atoms with E-state index in [1.807, 2.05) is 11.8 Å². The summed E-state index contributed by atoms with van der Waals surface area (Å²) in [6.07, 6.45) is -4.00. The Kier molecular flexibility index (Phi) is 3.98. The molecule has 0 bridgehead atoms. The van der Waals surface area contributed by atoms with Crippen molar-refractivity contribution in [2.45, 2.75) is 45.1 Å². The van der Waals surface area contributed by atoms with Crippen LogP contribution in [0.4, 0.5) is 13.2 Å². The molecule has 0 saturated heterocycles. The minimum absolute atomic E-state index is 0.0223. The quantitative estimate of drug-likeness (QED) is 0.907. The van der Waals surface area contributed by atoms with Crippen LogP contribution in [0.5, 0.6) is 0 Å². The first-order chi connectivity index (χ1) is 9.29. The Bertz CT molecular complexity index is 500. The van der Waals surface area contributed by atoms with Crippen LogP contribution in [0.1, 0.15) is 31.4 Å². The second kappa shape index (κ2) is 5.39. The lowest BCUT2D eigenvalue weighted by molar-refractivity contribution is -0.148. The SMILES string of the molecule is CC(CCC(=O)O)N1CCn2c(nnc2C(F)(F)F)C1. The number of hydrogen-bond acceptors (Lipinski definition) is 4. The van der Waals surface area contributed by atoms with Gasteiger partial charge in [-0.3, -0.25) is 9.69 Å². The van der Waals surface area contributed by atoms with Crippen molar-refractivity contribution in [2.24, 2.45) is 0 Å². The number of carboxylic acids is 1. The van der Waals surface area contributed by atoms with Gasteiger partial charge in [0.25, 0.3) is 0 Å². The third-order valence-corrected chi connectivity index (χ3v) is 3.44. The maximum absolute atomic E-state index is 12.7. The number of hydrogen-bond donors (Lipinski definition) is 1. The lowest BCUT2D eigenvalue weighted by atomic mass is 10.1. The highest BCUT2D eigenvalue weighted by Crippen LogP contribution is 2.29. The number of alkyl halides is 3. The van der Waals surface area contributed by atoms with Gasteiger partial charge >= 0.3 is 12.1 Å². The summed E-state index contributed by atoms with van der Waals surface area (Å²) in [5.41, 5.74) is 0. The summed E-state index contributed by atoms with van der Waals surface area (Å²) < 4.78 is 39.1. The van der Waals surface area contributed by atoms with E-state index in [9.17, 15) is 18.0 Å². The van der Waals surface area contributed by atoms with Crippen LogP contribution in [0.25, 0.3) is 0 Å². The zero-order valence-corrected chi connectivity index (χ0v) is 10.9. The second-order valence-corrected chi connectivity index (χ2v) is 4.84. The van der Waals surface area contributed by atoms with E-state index in [4.69, 9.17) is 5.11 Å². The number of aromatic nitrogens is 3. The monoisotopic (exact) mass is 292 g/mol. The molecule has 1 aromatic rings. The molecule has 2 heterocycles. The highest BCUT2D eigenvalue weighted by molar-refractivity contribution is 5.66. The van der Waals surface area contributed by atoms with Crippen LogP contribution in [-0.2, 0) is 24.1 Å². The van der Waals surface area contributed by atoms with E-state index in [1.165, 1.54) is 0 Å². The Hall–Kier alpha value is -1.64. The number of aliphatic carboxylic acids is 1. The van der Waals surface area contributed by atoms with Gasteiger partial charge in [-0.05, 0) is 13.3 Å². The second-order valence-electron chi connectivity index (χ2n) is 4.84. The van der Waals surface area contributed by atoms with Crippen molar-refractivity contribution in [2.75, 3.05) is 6.54 Å². The number of carbonyl (C=O) groups is 1. The van der Waals surface area contributed by atoms with E-state index >= 15 is 0 Å². The molecule has 6 nitrogen and oxygen atoms in total. The topological polar surface area (TPSA) is 71.2 Å². The summed E-state index contributed by atoms with van der Waals surface area (Å²) in [4.78, 5) is 12.5. The molecule has 0 fully saturated rings. The van der Waals surface area contributed by atoms with Crippen LogP contribution < -0.4 is 0 Å². The van der Waals surface area contributed by atoms with Gasteiger partial charge < -0.3 is 9.67 Å². The standard InChI is InChI=1S/C11H15F3N4O2/c1-7(2-3-9(19)20)17-4-5-18-8(6-17)15-16-10(18)11(12,13)14/h7H,2-6H2,1H3,(H,19,20). The van der Waals surface area contributed by atoms with Gasteiger partial charge in [-0.2, -0.15) is 13.2 Å². The first-order valence-corrected chi connectivity index (χ1v) is 6.24. The highest BCUT2D eigenvalue weighted by atomic mass is 19.4. The average Bonchev–Trinajstić information content (AvgIpc) is 2.78. The molecule has 0 radical (unpaired) electrons. The van der Waals surface area contributed by atoms with E-state index in [1.54, 1.807) is 0 Å². The summed E-state index contributed by atoms with van der Waals surface area (Å²) in [6.45, 7) is 2.70. The number of halogens is 3. The van der Waals surface area contributed by atoms with Gasteiger partial charge in [0.1, 0.15) is 5.82 Å². The van der Waals surface area contributed by atoms with Crippen molar-refractivity contribution in [3.63, 3.8) is 0 Å². The van der Waals surface area contributed by atoms with Crippen LogP contribution >= 0.6 is 0 Å². The van der Waals surface area contributed by atoms with Crippen LogP contribution in [-0.4, -0.2) is 43.3 Å². The van der Waals surface area contributed by atoms with Crippen molar-refractivity contribution in [1.29, 1.82) is 0 Å². The molecular formula is C11H15F3N4O2. The highest BCUT2D eigenvalue weighted by Gasteiger charge is 2.39. The molecule has 0 aromatic carbocycles. The lowest BCUT2D eigenvalue weighted by Crippen LogP contribution is -2.40. The predicted molar refractivity (Wildman–Crippen MR) is 61.8 cm³/mol. The van der Waals surface area contributed by atoms with Crippen LogP contribution in [0.15, 0.2) is 0 Å². The Morgan fingerprint density at radius 1 is 1.40 bits per heavy atom. The number of nitrogens with zero attached hydrogens (tertiary/aromatic N) is 4. The molecule has 1 aliphatic rings. The summed E-state index contributed by atoms with van der Waals surface area (Å²) in [5.74, 6) is -1.58. The van der Waals surface area contributed by atoms with E-state index in [-0.39, 0.29) is 31.4 Å². The molecule has 112 valence electrons. The lowest BCUT2D eigenvalue weighted by Gasteiger charge is -2.32. The van der Waals surface area contributed by atoms with Crippen LogP contribution in [0.2, 0.25) is 0 Å². The van der Waals surface area contributed by atoms with Gasteiger partial charge in [0.2, 0.25) is 5.82 Å². The fourth-order valence-corrected chi connectivity index (χ4v) is 2.28. The Morgan fingerprint density at radius 2 is 2.10 bits per heavy atom. The van der Waals surface area contributed by atoms with Crippen molar-refractivity contribution < 1.29 is 23.1 Å².